The lowest BCUT2D eigenvalue weighted by molar-refractivity contribution is -0.143. The van der Waals surface area contributed by atoms with E-state index in [0.29, 0.717) is 12.3 Å². The van der Waals surface area contributed by atoms with Gasteiger partial charge in [0.15, 0.2) is 14.8 Å². The van der Waals surface area contributed by atoms with Crippen LogP contribution in [0.4, 0.5) is 5.69 Å². The Kier molecular flexibility index (Phi) is 8.47. The summed E-state index contributed by atoms with van der Waals surface area (Å²) in [5, 5.41) is 2.93. The molecule has 1 heterocycles. The molecule has 1 amide bonds. The molecular formula is C27H38N2O5SSi. The molecule has 1 aliphatic rings. The lowest BCUT2D eigenvalue weighted by Gasteiger charge is -2.48. The van der Waals surface area contributed by atoms with Crippen LogP contribution in [0.5, 0.6) is 0 Å². The first-order valence-corrected chi connectivity index (χ1v) is 16.6. The number of ketones is 1. The van der Waals surface area contributed by atoms with Gasteiger partial charge in [-0.15, -0.1) is 0 Å². The zero-order valence-corrected chi connectivity index (χ0v) is 24.1. The topological polar surface area (TPSA) is 102 Å². The van der Waals surface area contributed by atoms with Crippen LogP contribution in [0.2, 0.25) is 13.1 Å². The molecule has 0 unspecified atom stereocenters. The van der Waals surface area contributed by atoms with Crippen molar-refractivity contribution >= 4 is 36.4 Å². The van der Waals surface area contributed by atoms with Crippen molar-refractivity contribution in [3.05, 3.63) is 59.7 Å². The van der Waals surface area contributed by atoms with Gasteiger partial charge in [-0.2, -0.15) is 0 Å². The molecule has 2 aromatic carbocycles. The Hall–Kier alpha value is -2.49. The van der Waals surface area contributed by atoms with E-state index in [-0.39, 0.29) is 39.4 Å². The molecule has 2 aromatic rings. The largest absolute Gasteiger partial charge is 0.420 e. The van der Waals surface area contributed by atoms with Crippen molar-refractivity contribution < 1.29 is 22.4 Å². The van der Waals surface area contributed by atoms with Gasteiger partial charge in [0.25, 0.3) is 10.0 Å². The molecule has 0 saturated carbocycles. The highest BCUT2D eigenvalue weighted by Gasteiger charge is 2.51. The van der Waals surface area contributed by atoms with Crippen LogP contribution in [0.3, 0.4) is 0 Å². The van der Waals surface area contributed by atoms with Gasteiger partial charge in [0.2, 0.25) is 5.91 Å². The van der Waals surface area contributed by atoms with Gasteiger partial charge >= 0.3 is 0 Å². The number of carbonyl (C=O) groups excluding carboxylic acids is 2. The summed E-state index contributed by atoms with van der Waals surface area (Å²) in [5.74, 6) is -1.46. The number of aryl methyl sites for hydroxylation is 1. The minimum atomic E-state index is -4.01. The standard InChI is InChI=1S/C27H38N2O5SSi/c1-17-13-14-22(35(32,33)29-19-11-9-8-10-12-19)20(15-17)25(30)18(2)24-23(26(31)28-24)21(27(3,4)5)16-34-36(6)7/h8-15,18,21,23-24,29,36H,16H2,1-7H3,(H,28,31)/t18-,21-,23+,24-/m1/s1. The number of β-lactam (4-membered cyclic amide) rings is 1. The number of amides is 1. The number of hydrogen-bond donors (Lipinski definition) is 2. The van der Waals surface area contributed by atoms with Crippen LogP contribution in [0.1, 0.15) is 43.6 Å². The molecule has 9 heteroatoms. The Balaban J connectivity index is 1.92. The lowest BCUT2D eigenvalue weighted by atomic mass is 9.64. The van der Waals surface area contributed by atoms with Crippen LogP contribution in [0.15, 0.2) is 53.4 Å². The van der Waals surface area contributed by atoms with Gasteiger partial charge in [-0.25, -0.2) is 8.42 Å². The summed E-state index contributed by atoms with van der Waals surface area (Å²) in [6, 6.07) is 12.9. The van der Waals surface area contributed by atoms with Crippen molar-refractivity contribution in [2.75, 3.05) is 11.3 Å². The Morgan fingerprint density at radius 2 is 1.78 bits per heavy atom. The number of benzene rings is 2. The molecule has 1 saturated heterocycles. The molecule has 0 aliphatic carbocycles. The molecule has 196 valence electrons. The number of hydrogen-bond acceptors (Lipinski definition) is 5. The average Bonchev–Trinajstić information content (AvgIpc) is 2.78. The fraction of sp³-hybridized carbons (Fsp3) is 0.481. The molecule has 0 radical (unpaired) electrons. The van der Waals surface area contributed by atoms with E-state index in [1.54, 1.807) is 49.4 Å². The highest BCUT2D eigenvalue weighted by molar-refractivity contribution is 7.92. The van der Waals surface area contributed by atoms with Crippen LogP contribution in [-0.2, 0) is 19.2 Å². The third-order valence-corrected chi connectivity index (χ3v) is 9.12. The summed E-state index contributed by atoms with van der Waals surface area (Å²) in [6.45, 7) is 14.5. The second-order valence-electron chi connectivity index (χ2n) is 11.0. The van der Waals surface area contributed by atoms with E-state index >= 15 is 0 Å². The van der Waals surface area contributed by atoms with Crippen molar-refractivity contribution in [1.29, 1.82) is 0 Å². The van der Waals surface area contributed by atoms with Gasteiger partial charge in [0, 0.05) is 23.8 Å². The smallest absolute Gasteiger partial charge is 0.262 e. The van der Waals surface area contributed by atoms with Crippen molar-refractivity contribution in [3.8, 4) is 0 Å². The van der Waals surface area contributed by atoms with Crippen LogP contribution in [-0.4, -0.2) is 41.8 Å². The van der Waals surface area contributed by atoms with Gasteiger partial charge in [-0.1, -0.05) is 57.5 Å². The maximum atomic E-state index is 13.8. The first-order valence-electron chi connectivity index (χ1n) is 12.4. The minimum absolute atomic E-state index is 0.0677. The molecule has 7 nitrogen and oxygen atoms in total. The van der Waals surface area contributed by atoms with E-state index in [0.717, 1.165) is 5.56 Å². The molecule has 1 fully saturated rings. The molecule has 1 aliphatic heterocycles. The molecule has 0 aromatic heterocycles. The second kappa shape index (κ2) is 10.9. The first kappa shape index (κ1) is 28.1. The number of carbonyl (C=O) groups is 2. The third kappa shape index (κ3) is 6.25. The lowest BCUT2D eigenvalue weighted by Crippen LogP contribution is -2.66. The highest BCUT2D eigenvalue weighted by Crippen LogP contribution is 2.41. The van der Waals surface area contributed by atoms with Crippen LogP contribution in [0.25, 0.3) is 0 Å². The zero-order chi connectivity index (χ0) is 26.8. The third-order valence-electron chi connectivity index (χ3n) is 6.82. The molecular weight excluding hydrogens is 492 g/mol. The maximum absolute atomic E-state index is 13.8. The van der Waals surface area contributed by atoms with Crippen molar-refractivity contribution in [1.82, 2.24) is 5.32 Å². The minimum Gasteiger partial charge on any atom is -0.420 e. The SMILES string of the molecule is Cc1ccc(S(=O)(=O)Nc2ccccc2)c(C(=O)[C@H](C)[C@H]2NC(=O)[C@H]2[C@@H](CO[SiH](C)C)C(C)(C)C)c1. The Bertz CT molecular complexity index is 1210. The normalized spacial score (nSPS) is 19.8. The first-order chi connectivity index (χ1) is 16.7. The fourth-order valence-electron chi connectivity index (χ4n) is 4.67. The highest BCUT2D eigenvalue weighted by atomic mass is 32.2. The number of rotatable bonds is 10. The molecule has 0 spiro atoms. The Labute approximate surface area is 216 Å². The monoisotopic (exact) mass is 530 g/mol. The van der Waals surface area contributed by atoms with Gasteiger partial charge in [0.1, 0.15) is 0 Å². The van der Waals surface area contributed by atoms with Crippen molar-refractivity contribution in [2.24, 2.45) is 23.2 Å². The van der Waals surface area contributed by atoms with E-state index in [1.165, 1.54) is 6.07 Å². The van der Waals surface area contributed by atoms with Crippen LogP contribution in [0, 0.1) is 30.1 Å². The zero-order valence-electron chi connectivity index (χ0n) is 22.2. The molecule has 3 rings (SSSR count). The average molecular weight is 531 g/mol. The predicted molar refractivity (Wildman–Crippen MR) is 145 cm³/mol. The van der Waals surface area contributed by atoms with E-state index in [1.807, 2.05) is 6.92 Å². The number of sulfonamides is 1. The van der Waals surface area contributed by atoms with E-state index in [2.05, 4.69) is 43.9 Å². The Morgan fingerprint density at radius 1 is 1.14 bits per heavy atom. The Morgan fingerprint density at radius 3 is 2.33 bits per heavy atom. The molecule has 0 bridgehead atoms. The summed E-state index contributed by atoms with van der Waals surface area (Å²) in [7, 11) is -5.30. The van der Waals surface area contributed by atoms with Crippen molar-refractivity contribution in [2.45, 2.75) is 58.7 Å². The summed E-state index contributed by atoms with van der Waals surface area (Å²) in [5.41, 5.74) is 1.12. The summed E-state index contributed by atoms with van der Waals surface area (Å²) in [4.78, 5) is 26.5. The molecule has 4 atom stereocenters. The molecule has 36 heavy (non-hydrogen) atoms. The quantitative estimate of drug-likeness (QED) is 0.269. The van der Waals surface area contributed by atoms with Gasteiger partial charge in [0.05, 0.1) is 16.9 Å². The fourth-order valence-corrected chi connectivity index (χ4v) is 6.51. The van der Waals surface area contributed by atoms with E-state index < -0.39 is 31.0 Å². The van der Waals surface area contributed by atoms with Crippen LogP contribution >= 0.6 is 0 Å². The number of para-hydroxylation sites is 1. The summed E-state index contributed by atoms with van der Waals surface area (Å²) < 4.78 is 35.1. The van der Waals surface area contributed by atoms with Gasteiger partial charge in [-0.05, 0) is 55.6 Å². The number of Topliss-reactive ketones (excluding diaryl/α,β-unsaturated/α-hetero) is 1. The van der Waals surface area contributed by atoms with E-state index in [4.69, 9.17) is 4.43 Å². The number of anilines is 1. The number of nitrogens with one attached hydrogen (secondary N) is 2. The maximum Gasteiger partial charge on any atom is 0.262 e. The van der Waals surface area contributed by atoms with Crippen molar-refractivity contribution in [3.63, 3.8) is 0 Å². The van der Waals surface area contributed by atoms with Gasteiger partial charge < -0.3 is 9.74 Å². The second-order valence-corrected chi connectivity index (χ2v) is 15.1. The predicted octanol–water partition coefficient (Wildman–Crippen LogP) is 4.39. The van der Waals surface area contributed by atoms with E-state index in [9.17, 15) is 18.0 Å². The van der Waals surface area contributed by atoms with Gasteiger partial charge in [-0.3, -0.25) is 14.3 Å². The molecule has 2 N–H and O–H groups in total. The summed E-state index contributed by atoms with van der Waals surface area (Å²) >= 11 is 0. The van der Waals surface area contributed by atoms with Crippen LogP contribution < -0.4 is 10.0 Å². The summed E-state index contributed by atoms with van der Waals surface area (Å²) in [6.07, 6.45) is 0.